The van der Waals surface area contributed by atoms with Crippen molar-refractivity contribution in [3.05, 3.63) is 0 Å². The standard InChI is InChI=1S/C12H21NO/c1-4-14-12(9-13)7-5-6-11(8-12)10(2)3/h10-11H,4-8H2,1-3H3. The number of ether oxygens (including phenoxy) is 1. The van der Waals surface area contributed by atoms with Crippen molar-refractivity contribution in [3.63, 3.8) is 0 Å². The minimum atomic E-state index is -0.470. The van der Waals surface area contributed by atoms with Gasteiger partial charge in [0.25, 0.3) is 0 Å². The maximum Gasteiger partial charge on any atom is 0.154 e. The zero-order chi connectivity index (χ0) is 10.6. The van der Waals surface area contributed by atoms with Crippen LogP contribution < -0.4 is 0 Å². The summed E-state index contributed by atoms with van der Waals surface area (Å²) in [5, 5.41) is 9.20. The molecule has 1 fully saturated rings. The van der Waals surface area contributed by atoms with Crippen molar-refractivity contribution in [1.82, 2.24) is 0 Å². The fourth-order valence-electron chi connectivity index (χ4n) is 2.39. The molecule has 2 atom stereocenters. The molecule has 0 bridgehead atoms. The number of nitrogens with zero attached hydrogens (tertiary/aromatic N) is 1. The maximum atomic E-state index is 9.20. The van der Waals surface area contributed by atoms with E-state index in [4.69, 9.17) is 4.74 Å². The van der Waals surface area contributed by atoms with Crippen LogP contribution in [0.5, 0.6) is 0 Å². The van der Waals surface area contributed by atoms with E-state index in [1.54, 1.807) is 0 Å². The van der Waals surface area contributed by atoms with Crippen molar-refractivity contribution in [2.45, 2.75) is 52.1 Å². The van der Waals surface area contributed by atoms with Gasteiger partial charge in [0.1, 0.15) is 0 Å². The molecule has 0 N–H and O–H groups in total. The summed E-state index contributed by atoms with van der Waals surface area (Å²) < 4.78 is 5.64. The van der Waals surface area contributed by atoms with Crippen LogP contribution in [-0.4, -0.2) is 12.2 Å². The molecule has 0 aromatic rings. The van der Waals surface area contributed by atoms with Crippen LogP contribution in [0.1, 0.15) is 46.5 Å². The molecule has 0 radical (unpaired) electrons. The second-order valence-corrected chi connectivity index (χ2v) is 4.64. The van der Waals surface area contributed by atoms with Gasteiger partial charge in [-0.2, -0.15) is 5.26 Å². The number of rotatable bonds is 3. The normalized spacial score (nSPS) is 32.9. The second-order valence-electron chi connectivity index (χ2n) is 4.64. The first-order chi connectivity index (χ1) is 6.63. The molecule has 14 heavy (non-hydrogen) atoms. The van der Waals surface area contributed by atoms with Crippen LogP contribution in [0.2, 0.25) is 0 Å². The van der Waals surface area contributed by atoms with Crippen molar-refractivity contribution in [1.29, 1.82) is 5.26 Å². The van der Waals surface area contributed by atoms with E-state index in [0.29, 0.717) is 18.4 Å². The Kier molecular flexibility index (Phi) is 3.95. The fourth-order valence-corrected chi connectivity index (χ4v) is 2.39. The van der Waals surface area contributed by atoms with Gasteiger partial charge in [-0.25, -0.2) is 0 Å². The highest BCUT2D eigenvalue weighted by atomic mass is 16.5. The van der Waals surface area contributed by atoms with Gasteiger partial charge in [-0.3, -0.25) is 0 Å². The van der Waals surface area contributed by atoms with E-state index in [-0.39, 0.29) is 0 Å². The Labute approximate surface area is 87.3 Å². The molecule has 2 nitrogen and oxygen atoms in total. The predicted molar refractivity (Wildman–Crippen MR) is 56.8 cm³/mol. The molecule has 0 aromatic heterocycles. The van der Waals surface area contributed by atoms with Crippen LogP contribution in [-0.2, 0) is 4.74 Å². The number of hydrogen-bond donors (Lipinski definition) is 0. The molecule has 1 aliphatic carbocycles. The lowest BCUT2D eigenvalue weighted by atomic mass is 9.74. The van der Waals surface area contributed by atoms with E-state index in [1.165, 1.54) is 6.42 Å². The summed E-state index contributed by atoms with van der Waals surface area (Å²) in [6.07, 6.45) is 4.24. The summed E-state index contributed by atoms with van der Waals surface area (Å²) in [5.74, 6) is 1.33. The average Bonchev–Trinajstić information content (AvgIpc) is 2.18. The minimum absolute atomic E-state index is 0.470. The molecule has 0 amide bonds. The molecular formula is C12H21NO. The van der Waals surface area contributed by atoms with Crippen LogP contribution >= 0.6 is 0 Å². The highest BCUT2D eigenvalue weighted by Crippen LogP contribution is 2.38. The Balaban J connectivity index is 2.65. The van der Waals surface area contributed by atoms with Gasteiger partial charge in [0, 0.05) is 6.61 Å². The molecule has 2 unspecified atom stereocenters. The smallest absolute Gasteiger partial charge is 0.154 e. The van der Waals surface area contributed by atoms with Gasteiger partial charge in [-0.1, -0.05) is 13.8 Å². The van der Waals surface area contributed by atoms with E-state index in [0.717, 1.165) is 19.3 Å². The molecule has 80 valence electrons. The summed E-state index contributed by atoms with van der Waals surface area (Å²) in [4.78, 5) is 0. The zero-order valence-corrected chi connectivity index (χ0v) is 9.55. The monoisotopic (exact) mass is 195 g/mol. The lowest BCUT2D eigenvalue weighted by Gasteiger charge is -2.37. The van der Waals surface area contributed by atoms with Crippen molar-refractivity contribution in [3.8, 4) is 6.07 Å². The lowest BCUT2D eigenvalue weighted by Crippen LogP contribution is -2.38. The molecule has 1 aliphatic rings. The first-order valence-corrected chi connectivity index (χ1v) is 5.69. The van der Waals surface area contributed by atoms with Gasteiger partial charge < -0.3 is 4.74 Å². The third-order valence-corrected chi connectivity index (χ3v) is 3.31. The third-order valence-electron chi connectivity index (χ3n) is 3.31. The fraction of sp³-hybridized carbons (Fsp3) is 0.917. The Hall–Kier alpha value is -0.550. The molecule has 0 saturated heterocycles. The van der Waals surface area contributed by atoms with E-state index in [2.05, 4.69) is 19.9 Å². The van der Waals surface area contributed by atoms with E-state index < -0.39 is 5.60 Å². The molecular weight excluding hydrogens is 174 g/mol. The summed E-state index contributed by atoms with van der Waals surface area (Å²) >= 11 is 0. The second kappa shape index (κ2) is 4.79. The largest absolute Gasteiger partial charge is 0.360 e. The molecule has 2 heteroatoms. The molecule has 0 aromatic carbocycles. The highest BCUT2D eigenvalue weighted by Gasteiger charge is 2.37. The van der Waals surface area contributed by atoms with Crippen LogP contribution in [0.4, 0.5) is 0 Å². The van der Waals surface area contributed by atoms with E-state index >= 15 is 0 Å². The van der Waals surface area contributed by atoms with Crippen molar-refractivity contribution >= 4 is 0 Å². The number of nitriles is 1. The average molecular weight is 195 g/mol. The molecule has 1 saturated carbocycles. The van der Waals surface area contributed by atoms with Gasteiger partial charge >= 0.3 is 0 Å². The molecule has 1 rings (SSSR count). The van der Waals surface area contributed by atoms with Crippen molar-refractivity contribution in [2.24, 2.45) is 11.8 Å². The van der Waals surface area contributed by atoms with Crippen LogP contribution in [0.15, 0.2) is 0 Å². The van der Waals surface area contributed by atoms with Crippen LogP contribution in [0.25, 0.3) is 0 Å². The van der Waals surface area contributed by atoms with Crippen LogP contribution in [0, 0.1) is 23.2 Å². The molecule has 0 spiro atoms. The SMILES string of the molecule is CCOC1(C#N)CCCC(C(C)C)C1. The van der Waals surface area contributed by atoms with Gasteiger partial charge in [-0.05, 0) is 44.4 Å². The van der Waals surface area contributed by atoms with Crippen molar-refractivity contribution in [2.75, 3.05) is 6.61 Å². The Morgan fingerprint density at radius 3 is 2.79 bits per heavy atom. The van der Waals surface area contributed by atoms with Crippen molar-refractivity contribution < 1.29 is 4.74 Å². The Bertz CT molecular complexity index is 215. The topological polar surface area (TPSA) is 33.0 Å². The van der Waals surface area contributed by atoms with E-state index in [9.17, 15) is 5.26 Å². The number of hydrogen-bond acceptors (Lipinski definition) is 2. The summed E-state index contributed by atoms with van der Waals surface area (Å²) in [5.41, 5.74) is -0.470. The van der Waals surface area contributed by atoms with E-state index in [1.807, 2.05) is 6.92 Å². The lowest BCUT2D eigenvalue weighted by molar-refractivity contribution is -0.0416. The molecule has 0 heterocycles. The Morgan fingerprint density at radius 1 is 1.57 bits per heavy atom. The predicted octanol–water partition coefficient (Wildman–Crippen LogP) is 3.13. The zero-order valence-electron chi connectivity index (χ0n) is 9.55. The first-order valence-electron chi connectivity index (χ1n) is 5.69. The summed E-state index contributed by atoms with van der Waals surface area (Å²) in [7, 11) is 0. The minimum Gasteiger partial charge on any atom is -0.360 e. The molecule has 0 aliphatic heterocycles. The summed E-state index contributed by atoms with van der Waals surface area (Å²) in [6.45, 7) is 7.10. The summed E-state index contributed by atoms with van der Waals surface area (Å²) in [6, 6.07) is 2.38. The van der Waals surface area contributed by atoms with Gasteiger partial charge in [0.15, 0.2) is 5.60 Å². The van der Waals surface area contributed by atoms with Gasteiger partial charge in [0.05, 0.1) is 6.07 Å². The van der Waals surface area contributed by atoms with Gasteiger partial charge in [0.2, 0.25) is 0 Å². The maximum absolute atomic E-state index is 9.20. The Morgan fingerprint density at radius 2 is 2.29 bits per heavy atom. The van der Waals surface area contributed by atoms with Crippen LogP contribution in [0.3, 0.4) is 0 Å². The quantitative estimate of drug-likeness (QED) is 0.693. The first kappa shape index (κ1) is 11.5. The highest BCUT2D eigenvalue weighted by molar-refractivity contribution is 5.05. The van der Waals surface area contributed by atoms with Gasteiger partial charge in [-0.15, -0.1) is 0 Å². The third kappa shape index (κ3) is 2.48.